The van der Waals surface area contributed by atoms with E-state index < -0.39 is 27.9 Å². The summed E-state index contributed by atoms with van der Waals surface area (Å²) in [6.45, 7) is 1.31. The Labute approximate surface area is 112 Å². The number of carbonyl (C=O) groups excluding carboxylic acids is 1. The lowest BCUT2D eigenvalue weighted by Crippen LogP contribution is -2.23. The van der Waals surface area contributed by atoms with E-state index in [0.29, 0.717) is 5.56 Å². The standard InChI is InChI=1S/C11H13BO6S/c1-7(6-19(15,16)17)18-11(14)9-4-8(5-12)2-3-10(9)13/h2-4,7,13H,5-6H2,1H3,(H,15,16,17). The summed E-state index contributed by atoms with van der Waals surface area (Å²) >= 11 is 0. The van der Waals surface area contributed by atoms with Crippen LogP contribution in [0.5, 0.6) is 5.75 Å². The fourth-order valence-electron chi connectivity index (χ4n) is 1.45. The molecule has 0 saturated carbocycles. The second-order valence-electron chi connectivity index (χ2n) is 4.02. The number of hydrogen-bond donors (Lipinski definition) is 2. The molecule has 102 valence electrons. The molecule has 8 heteroatoms. The minimum absolute atomic E-state index is 0.106. The van der Waals surface area contributed by atoms with Gasteiger partial charge >= 0.3 is 5.97 Å². The summed E-state index contributed by atoms with van der Waals surface area (Å²) in [6, 6.07) is 4.21. The highest BCUT2D eigenvalue weighted by Gasteiger charge is 2.19. The zero-order valence-electron chi connectivity index (χ0n) is 10.2. The van der Waals surface area contributed by atoms with Crippen molar-refractivity contribution in [3.8, 4) is 5.75 Å². The van der Waals surface area contributed by atoms with E-state index in [-0.39, 0.29) is 17.6 Å². The van der Waals surface area contributed by atoms with Gasteiger partial charge in [-0.25, -0.2) is 4.79 Å². The van der Waals surface area contributed by atoms with Crippen molar-refractivity contribution in [3.05, 3.63) is 29.3 Å². The molecule has 0 amide bonds. The molecule has 2 radical (unpaired) electrons. The molecule has 0 bridgehead atoms. The SMILES string of the molecule is [B]Cc1ccc(O)c(C(=O)OC(C)CS(=O)(=O)O)c1. The van der Waals surface area contributed by atoms with Gasteiger partial charge in [-0.05, 0) is 19.1 Å². The maximum absolute atomic E-state index is 11.7. The Morgan fingerprint density at radius 3 is 2.63 bits per heavy atom. The van der Waals surface area contributed by atoms with Crippen LogP contribution < -0.4 is 0 Å². The van der Waals surface area contributed by atoms with Gasteiger partial charge in [0.1, 0.15) is 23.2 Å². The molecule has 1 aromatic rings. The lowest BCUT2D eigenvalue weighted by Gasteiger charge is -2.12. The van der Waals surface area contributed by atoms with Crippen molar-refractivity contribution in [2.45, 2.75) is 19.3 Å². The van der Waals surface area contributed by atoms with E-state index in [1.165, 1.54) is 19.1 Å². The van der Waals surface area contributed by atoms with E-state index >= 15 is 0 Å². The number of benzene rings is 1. The van der Waals surface area contributed by atoms with Gasteiger partial charge in [0.15, 0.2) is 0 Å². The predicted molar refractivity (Wildman–Crippen MR) is 68.9 cm³/mol. The van der Waals surface area contributed by atoms with Crippen LogP contribution >= 0.6 is 0 Å². The number of hydrogen-bond acceptors (Lipinski definition) is 5. The number of rotatable bonds is 5. The molecule has 19 heavy (non-hydrogen) atoms. The minimum Gasteiger partial charge on any atom is -0.507 e. The van der Waals surface area contributed by atoms with Crippen molar-refractivity contribution >= 4 is 23.9 Å². The highest BCUT2D eigenvalue weighted by atomic mass is 32.2. The van der Waals surface area contributed by atoms with Gasteiger partial charge in [-0.3, -0.25) is 4.55 Å². The third-order valence-electron chi connectivity index (χ3n) is 2.27. The van der Waals surface area contributed by atoms with E-state index in [9.17, 15) is 18.3 Å². The molecule has 1 unspecified atom stereocenters. The Hall–Kier alpha value is -1.54. The normalized spacial score (nSPS) is 12.9. The molecular formula is C11H13BO6S. The fourth-order valence-corrected chi connectivity index (χ4v) is 2.11. The van der Waals surface area contributed by atoms with Crippen molar-refractivity contribution in [1.29, 1.82) is 0 Å². The van der Waals surface area contributed by atoms with Crippen LogP contribution in [0.25, 0.3) is 0 Å². The van der Waals surface area contributed by atoms with Crippen LogP contribution in [0, 0.1) is 0 Å². The molecular weight excluding hydrogens is 271 g/mol. The van der Waals surface area contributed by atoms with Gasteiger partial charge in [-0.1, -0.05) is 17.9 Å². The van der Waals surface area contributed by atoms with E-state index in [4.69, 9.17) is 17.1 Å². The molecule has 0 aliphatic rings. The smallest absolute Gasteiger partial charge is 0.342 e. The Morgan fingerprint density at radius 1 is 1.47 bits per heavy atom. The molecule has 1 rings (SSSR count). The zero-order valence-corrected chi connectivity index (χ0v) is 11.1. The lowest BCUT2D eigenvalue weighted by molar-refractivity contribution is 0.0378. The van der Waals surface area contributed by atoms with E-state index in [1.54, 1.807) is 6.07 Å². The number of phenols is 1. The molecule has 6 nitrogen and oxygen atoms in total. The Bertz CT molecular complexity index is 569. The fraction of sp³-hybridized carbons (Fsp3) is 0.364. The number of ether oxygens (including phenoxy) is 1. The maximum Gasteiger partial charge on any atom is 0.342 e. The molecule has 1 atom stereocenters. The molecule has 0 spiro atoms. The summed E-state index contributed by atoms with van der Waals surface area (Å²) in [7, 11) is 1.17. The zero-order chi connectivity index (χ0) is 14.6. The van der Waals surface area contributed by atoms with Crippen LogP contribution in [0.1, 0.15) is 22.8 Å². The van der Waals surface area contributed by atoms with Crippen LogP contribution in [0.4, 0.5) is 0 Å². The third-order valence-corrected chi connectivity index (χ3v) is 3.16. The van der Waals surface area contributed by atoms with Crippen LogP contribution in [0.2, 0.25) is 0 Å². The summed E-state index contributed by atoms with van der Waals surface area (Å²) in [5.74, 6) is -1.89. The molecule has 1 aromatic carbocycles. The molecule has 0 aromatic heterocycles. The average Bonchev–Trinajstić information content (AvgIpc) is 2.26. The summed E-state index contributed by atoms with van der Waals surface area (Å²) in [5.41, 5.74) is 0.511. The van der Waals surface area contributed by atoms with E-state index in [0.717, 1.165) is 0 Å². The molecule has 0 fully saturated rings. The largest absolute Gasteiger partial charge is 0.507 e. The molecule has 0 aliphatic carbocycles. The van der Waals surface area contributed by atoms with Gasteiger partial charge in [0, 0.05) is 0 Å². The van der Waals surface area contributed by atoms with Gasteiger partial charge in [-0.15, -0.1) is 0 Å². The summed E-state index contributed by atoms with van der Waals surface area (Å²) in [6.07, 6.45) is -0.857. The number of carbonyl (C=O) groups is 1. The third kappa shape index (κ3) is 4.92. The van der Waals surface area contributed by atoms with Crippen molar-refractivity contribution < 1.29 is 27.6 Å². The Morgan fingerprint density at radius 2 is 2.11 bits per heavy atom. The first kappa shape index (κ1) is 15.5. The van der Waals surface area contributed by atoms with Gasteiger partial charge in [-0.2, -0.15) is 8.42 Å². The van der Waals surface area contributed by atoms with Gasteiger partial charge in [0.05, 0.1) is 7.85 Å². The summed E-state index contributed by atoms with van der Waals surface area (Å²) in [5, 5.41) is 9.54. The van der Waals surface area contributed by atoms with Crippen LogP contribution in [0.15, 0.2) is 18.2 Å². The first-order valence-corrected chi connectivity index (χ1v) is 7.02. The van der Waals surface area contributed by atoms with Crippen molar-refractivity contribution in [1.82, 2.24) is 0 Å². The predicted octanol–water partition coefficient (Wildman–Crippen LogP) is 0.494. The molecule has 0 heterocycles. The molecule has 0 saturated heterocycles. The van der Waals surface area contributed by atoms with Crippen molar-refractivity contribution in [3.63, 3.8) is 0 Å². The monoisotopic (exact) mass is 284 g/mol. The van der Waals surface area contributed by atoms with Crippen LogP contribution in [0.3, 0.4) is 0 Å². The van der Waals surface area contributed by atoms with E-state index in [1.807, 2.05) is 0 Å². The van der Waals surface area contributed by atoms with Crippen molar-refractivity contribution in [2.75, 3.05) is 5.75 Å². The second-order valence-corrected chi connectivity index (χ2v) is 5.52. The second kappa shape index (κ2) is 6.07. The Kier molecular flexibility index (Phi) is 4.96. The number of phenolic OH excluding ortho intramolecular Hbond substituents is 1. The number of aromatic hydroxyl groups is 1. The van der Waals surface area contributed by atoms with Gasteiger partial charge in [0.2, 0.25) is 0 Å². The van der Waals surface area contributed by atoms with Crippen LogP contribution in [-0.2, 0) is 21.2 Å². The van der Waals surface area contributed by atoms with Crippen LogP contribution in [-0.4, -0.2) is 43.7 Å². The summed E-state index contributed by atoms with van der Waals surface area (Å²) < 4.78 is 34.7. The highest BCUT2D eigenvalue weighted by molar-refractivity contribution is 7.85. The Balaban J connectivity index is 2.83. The first-order chi connectivity index (χ1) is 8.73. The topological polar surface area (TPSA) is 101 Å². The van der Waals surface area contributed by atoms with E-state index in [2.05, 4.69) is 0 Å². The van der Waals surface area contributed by atoms with Gasteiger partial charge < -0.3 is 9.84 Å². The van der Waals surface area contributed by atoms with Gasteiger partial charge in [0.25, 0.3) is 10.1 Å². The molecule has 2 N–H and O–H groups in total. The molecule has 0 aliphatic heterocycles. The maximum atomic E-state index is 11.7. The summed E-state index contributed by atoms with van der Waals surface area (Å²) in [4.78, 5) is 11.7. The van der Waals surface area contributed by atoms with Crippen molar-refractivity contribution in [2.24, 2.45) is 0 Å². The highest BCUT2D eigenvalue weighted by Crippen LogP contribution is 2.20. The average molecular weight is 284 g/mol. The lowest BCUT2D eigenvalue weighted by atomic mass is 9.95. The first-order valence-electron chi connectivity index (χ1n) is 5.41. The quantitative estimate of drug-likeness (QED) is 0.463. The number of esters is 1. The minimum atomic E-state index is -4.23.